The number of aromatic nitrogens is 3. The predicted octanol–water partition coefficient (Wildman–Crippen LogP) is -0.124. The Kier molecular flexibility index (Phi) is 3.30. The molecule has 7 nitrogen and oxygen atoms in total. The highest BCUT2D eigenvalue weighted by Gasteiger charge is 2.18. The third-order valence-electron chi connectivity index (χ3n) is 2.28. The molecule has 2 rings (SSSR count). The molecular weight excluding hydrogens is 254 g/mol. The van der Waals surface area contributed by atoms with E-state index in [4.69, 9.17) is 5.73 Å². The average Bonchev–Trinajstić information content (AvgIpc) is 2.73. The molecule has 0 unspecified atom stereocenters. The zero-order valence-electron chi connectivity index (χ0n) is 9.74. The largest absolute Gasteiger partial charge is 0.396 e. The normalized spacial score (nSPS) is 11.6. The van der Waals surface area contributed by atoms with Gasteiger partial charge in [0.15, 0.2) is 5.03 Å². The summed E-state index contributed by atoms with van der Waals surface area (Å²) in [5.41, 5.74) is 6.46. The van der Waals surface area contributed by atoms with E-state index in [1.807, 2.05) is 0 Å². The van der Waals surface area contributed by atoms with Gasteiger partial charge in [0, 0.05) is 31.5 Å². The summed E-state index contributed by atoms with van der Waals surface area (Å²) >= 11 is 0. The Morgan fingerprint density at radius 1 is 1.50 bits per heavy atom. The average molecular weight is 267 g/mol. The molecule has 8 heteroatoms. The van der Waals surface area contributed by atoms with Crippen molar-refractivity contribution in [3.05, 3.63) is 36.3 Å². The Hall–Kier alpha value is -1.93. The van der Waals surface area contributed by atoms with Crippen LogP contribution < -0.4 is 10.5 Å². The number of nitrogen functional groups attached to an aromatic ring is 1. The number of pyridine rings is 1. The molecule has 0 atom stereocenters. The van der Waals surface area contributed by atoms with Crippen molar-refractivity contribution in [1.29, 1.82) is 0 Å². The van der Waals surface area contributed by atoms with Crippen molar-refractivity contribution in [2.45, 2.75) is 11.6 Å². The van der Waals surface area contributed by atoms with Crippen LogP contribution in [0.4, 0.5) is 5.69 Å². The molecule has 0 radical (unpaired) electrons. The van der Waals surface area contributed by atoms with Crippen molar-refractivity contribution in [3.63, 3.8) is 0 Å². The van der Waals surface area contributed by atoms with Crippen LogP contribution in [0.3, 0.4) is 0 Å². The first kappa shape index (κ1) is 12.5. The van der Waals surface area contributed by atoms with E-state index in [9.17, 15) is 8.42 Å². The SMILES string of the molecule is Cn1cc(CNS(=O)(=O)c2ncccc2N)cn1. The highest BCUT2D eigenvalue weighted by Crippen LogP contribution is 2.13. The smallest absolute Gasteiger partial charge is 0.260 e. The summed E-state index contributed by atoms with van der Waals surface area (Å²) in [5, 5.41) is 3.79. The van der Waals surface area contributed by atoms with E-state index in [-0.39, 0.29) is 17.3 Å². The van der Waals surface area contributed by atoms with Gasteiger partial charge in [-0.3, -0.25) is 4.68 Å². The predicted molar refractivity (Wildman–Crippen MR) is 65.9 cm³/mol. The van der Waals surface area contributed by atoms with Gasteiger partial charge < -0.3 is 5.73 Å². The van der Waals surface area contributed by atoms with E-state index in [0.29, 0.717) is 0 Å². The van der Waals surface area contributed by atoms with E-state index in [2.05, 4.69) is 14.8 Å². The molecule has 96 valence electrons. The number of hydrogen-bond donors (Lipinski definition) is 2. The lowest BCUT2D eigenvalue weighted by atomic mass is 10.4. The first-order valence-electron chi connectivity index (χ1n) is 5.17. The quantitative estimate of drug-likeness (QED) is 0.803. The number of sulfonamides is 1. The molecule has 3 N–H and O–H groups in total. The number of aryl methyl sites for hydroxylation is 1. The maximum Gasteiger partial charge on any atom is 0.260 e. The Labute approximate surface area is 105 Å². The number of nitrogens with two attached hydrogens (primary N) is 1. The summed E-state index contributed by atoms with van der Waals surface area (Å²) in [4.78, 5) is 3.77. The third-order valence-corrected chi connectivity index (χ3v) is 3.65. The number of anilines is 1. The van der Waals surface area contributed by atoms with Crippen molar-refractivity contribution in [2.24, 2.45) is 7.05 Å². The van der Waals surface area contributed by atoms with Crippen LogP contribution >= 0.6 is 0 Å². The van der Waals surface area contributed by atoms with E-state index in [1.165, 1.54) is 12.3 Å². The van der Waals surface area contributed by atoms with Crippen LogP contribution in [-0.2, 0) is 23.6 Å². The number of hydrogen-bond acceptors (Lipinski definition) is 5. The number of nitrogens with zero attached hydrogens (tertiary/aromatic N) is 3. The van der Waals surface area contributed by atoms with Crippen molar-refractivity contribution >= 4 is 15.7 Å². The monoisotopic (exact) mass is 267 g/mol. The van der Waals surface area contributed by atoms with Gasteiger partial charge in [0.25, 0.3) is 10.0 Å². The van der Waals surface area contributed by atoms with Gasteiger partial charge in [-0.15, -0.1) is 0 Å². The van der Waals surface area contributed by atoms with Crippen LogP contribution in [0.25, 0.3) is 0 Å². The summed E-state index contributed by atoms with van der Waals surface area (Å²) < 4.78 is 27.9. The van der Waals surface area contributed by atoms with Crippen LogP contribution in [0.1, 0.15) is 5.56 Å². The summed E-state index contributed by atoms with van der Waals surface area (Å²) in [6.07, 6.45) is 4.70. The zero-order valence-corrected chi connectivity index (χ0v) is 10.6. The lowest BCUT2D eigenvalue weighted by Gasteiger charge is -2.06. The highest BCUT2D eigenvalue weighted by atomic mass is 32.2. The molecule has 0 fully saturated rings. The molecule has 18 heavy (non-hydrogen) atoms. The van der Waals surface area contributed by atoms with Gasteiger partial charge in [0.2, 0.25) is 0 Å². The van der Waals surface area contributed by atoms with Crippen molar-refractivity contribution in [2.75, 3.05) is 5.73 Å². The van der Waals surface area contributed by atoms with Crippen LogP contribution in [0.5, 0.6) is 0 Å². The van der Waals surface area contributed by atoms with Crippen molar-refractivity contribution in [1.82, 2.24) is 19.5 Å². The molecule has 0 saturated carbocycles. The number of rotatable bonds is 4. The first-order valence-corrected chi connectivity index (χ1v) is 6.65. The van der Waals surface area contributed by atoms with Gasteiger partial charge >= 0.3 is 0 Å². The standard InChI is InChI=1S/C10H13N5O2S/c1-15-7-8(5-13-15)6-14-18(16,17)10-9(11)3-2-4-12-10/h2-5,7,14H,6,11H2,1H3. The zero-order chi connectivity index (χ0) is 13.2. The number of nitrogens with one attached hydrogen (secondary N) is 1. The van der Waals surface area contributed by atoms with Gasteiger partial charge in [0.05, 0.1) is 11.9 Å². The van der Waals surface area contributed by atoms with E-state index >= 15 is 0 Å². The molecule has 0 aromatic carbocycles. The van der Waals surface area contributed by atoms with Gasteiger partial charge in [-0.2, -0.15) is 5.10 Å². The fourth-order valence-electron chi connectivity index (χ4n) is 1.44. The van der Waals surface area contributed by atoms with E-state index in [0.717, 1.165) is 5.56 Å². The Morgan fingerprint density at radius 3 is 2.89 bits per heavy atom. The lowest BCUT2D eigenvalue weighted by molar-refractivity contribution is 0.578. The van der Waals surface area contributed by atoms with Crippen molar-refractivity contribution in [3.8, 4) is 0 Å². The molecule has 0 aliphatic rings. The fraction of sp³-hybridized carbons (Fsp3) is 0.200. The van der Waals surface area contributed by atoms with Crippen molar-refractivity contribution < 1.29 is 8.42 Å². The minimum Gasteiger partial charge on any atom is -0.396 e. The second kappa shape index (κ2) is 4.75. The topological polar surface area (TPSA) is 103 Å². The molecule has 0 spiro atoms. The molecule has 0 amide bonds. The Bertz CT molecular complexity index is 650. The summed E-state index contributed by atoms with van der Waals surface area (Å²) in [6, 6.07) is 3.07. The highest BCUT2D eigenvalue weighted by molar-refractivity contribution is 7.89. The second-order valence-corrected chi connectivity index (χ2v) is 5.43. The summed E-state index contributed by atoms with van der Waals surface area (Å²) in [5.74, 6) is 0. The summed E-state index contributed by atoms with van der Waals surface area (Å²) in [7, 11) is -1.94. The van der Waals surface area contributed by atoms with Gasteiger partial charge in [0.1, 0.15) is 0 Å². The minimum absolute atomic E-state index is 0.121. The minimum atomic E-state index is -3.70. The van der Waals surface area contributed by atoms with Gasteiger partial charge in [-0.25, -0.2) is 18.1 Å². The third kappa shape index (κ3) is 2.66. The Morgan fingerprint density at radius 2 is 2.28 bits per heavy atom. The molecule has 2 aromatic rings. The fourth-order valence-corrected chi connectivity index (χ4v) is 2.51. The lowest BCUT2D eigenvalue weighted by Crippen LogP contribution is -2.25. The summed E-state index contributed by atoms with van der Waals surface area (Å²) in [6.45, 7) is 0.145. The van der Waals surface area contributed by atoms with E-state index in [1.54, 1.807) is 30.2 Å². The molecule has 0 aliphatic carbocycles. The Balaban J connectivity index is 2.16. The maximum absolute atomic E-state index is 12.0. The molecule has 0 aliphatic heterocycles. The molecule has 0 saturated heterocycles. The van der Waals surface area contributed by atoms with E-state index < -0.39 is 10.0 Å². The molecular formula is C10H13N5O2S. The van der Waals surface area contributed by atoms with Crippen LogP contribution in [0, 0.1) is 0 Å². The van der Waals surface area contributed by atoms with Crippen LogP contribution in [0.15, 0.2) is 35.7 Å². The second-order valence-electron chi connectivity index (χ2n) is 3.74. The van der Waals surface area contributed by atoms with Crippen LogP contribution in [-0.4, -0.2) is 23.2 Å². The maximum atomic E-state index is 12.0. The van der Waals surface area contributed by atoms with Crippen LogP contribution in [0.2, 0.25) is 0 Å². The molecule has 2 aromatic heterocycles. The molecule has 2 heterocycles. The van der Waals surface area contributed by atoms with Gasteiger partial charge in [-0.1, -0.05) is 0 Å². The van der Waals surface area contributed by atoms with Gasteiger partial charge in [-0.05, 0) is 12.1 Å². The first-order chi connectivity index (χ1) is 8.49. The molecule has 0 bridgehead atoms.